The summed E-state index contributed by atoms with van der Waals surface area (Å²) in [7, 11) is 1.99. The van der Waals surface area contributed by atoms with Crippen LogP contribution in [0.25, 0.3) is 0 Å². The monoisotopic (exact) mass is 200 g/mol. The molecule has 1 atom stereocenters. The average Bonchev–Trinajstić information content (AvgIpc) is 2.28. The van der Waals surface area contributed by atoms with E-state index < -0.39 is 5.60 Å². The van der Waals surface area contributed by atoms with Crippen LogP contribution in [0.15, 0.2) is 0 Å². The lowest BCUT2D eigenvalue weighted by molar-refractivity contribution is 0.0446. The Morgan fingerprint density at radius 3 is 2.86 bits per heavy atom. The van der Waals surface area contributed by atoms with Gasteiger partial charge in [-0.2, -0.15) is 0 Å². The molecule has 0 aliphatic carbocycles. The molecule has 0 aromatic carbocycles. The molecule has 0 radical (unpaired) electrons. The van der Waals surface area contributed by atoms with Gasteiger partial charge >= 0.3 is 0 Å². The minimum atomic E-state index is -0.419. The number of aliphatic hydroxyl groups is 1. The predicted molar refractivity (Wildman–Crippen MR) is 59.5 cm³/mol. The van der Waals surface area contributed by atoms with Crippen molar-refractivity contribution in [1.82, 2.24) is 10.2 Å². The molecule has 0 amide bonds. The summed E-state index contributed by atoms with van der Waals surface area (Å²) in [6.07, 6.45) is 4.22. The molecule has 0 saturated carbocycles. The van der Waals surface area contributed by atoms with E-state index in [9.17, 15) is 5.11 Å². The number of hydrogen-bond acceptors (Lipinski definition) is 3. The van der Waals surface area contributed by atoms with Crippen LogP contribution < -0.4 is 5.32 Å². The molecule has 1 rings (SSSR count). The normalized spacial score (nSPS) is 30.2. The van der Waals surface area contributed by atoms with Gasteiger partial charge in [0.2, 0.25) is 0 Å². The fourth-order valence-corrected chi connectivity index (χ4v) is 2.02. The zero-order valence-corrected chi connectivity index (χ0v) is 9.55. The molecule has 1 aliphatic rings. The summed E-state index contributed by atoms with van der Waals surface area (Å²) in [4.78, 5) is 2.47. The molecule has 0 spiro atoms. The lowest BCUT2D eigenvalue weighted by atomic mass is 9.98. The van der Waals surface area contributed by atoms with E-state index in [1.54, 1.807) is 0 Å². The first-order valence-corrected chi connectivity index (χ1v) is 5.73. The number of nitrogens with zero attached hydrogens (tertiary/aromatic N) is 1. The molecule has 3 heteroatoms. The second-order valence-corrected chi connectivity index (χ2v) is 4.65. The molecule has 1 aliphatic heterocycles. The van der Waals surface area contributed by atoms with Gasteiger partial charge in [-0.15, -0.1) is 0 Å². The summed E-state index contributed by atoms with van der Waals surface area (Å²) in [5.41, 5.74) is -0.419. The van der Waals surface area contributed by atoms with Gasteiger partial charge in [-0.3, -0.25) is 0 Å². The summed E-state index contributed by atoms with van der Waals surface area (Å²) in [6, 6.07) is 0. The van der Waals surface area contributed by atoms with E-state index in [1.165, 1.54) is 6.42 Å². The van der Waals surface area contributed by atoms with Gasteiger partial charge < -0.3 is 15.3 Å². The van der Waals surface area contributed by atoms with E-state index in [4.69, 9.17) is 0 Å². The fraction of sp³-hybridized carbons (Fsp3) is 1.00. The van der Waals surface area contributed by atoms with Crippen LogP contribution in [0.5, 0.6) is 0 Å². The standard InChI is InChI=1S/C11H24N2O/c1-11(14)5-3-8-13(10-6-11)9-4-7-12-2/h12,14H,3-10H2,1-2H3. The highest BCUT2D eigenvalue weighted by atomic mass is 16.3. The Kier molecular flexibility index (Phi) is 4.85. The molecular weight excluding hydrogens is 176 g/mol. The maximum Gasteiger partial charge on any atom is 0.0632 e. The third-order valence-corrected chi connectivity index (χ3v) is 3.06. The largest absolute Gasteiger partial charge is 0.390 e. The van der Waals surface area contributed by atoms with Crippen LogP contribution >= 0.6 is 0 Å². The first kappa shape index (κ1) is 12.0. The van der Waals surface area contributed by atoms with Crippen molar-refractivity contribution in [1.29, 1.82) is 0 Å². The third-order valence-electron chi connectivity index (χ3n) is 3.06. The number of rotatable bonds is 4. The first-order valence-electron chi connectivity index (χ1n) is 5.73. The van der Waals surface area contributed by atoms with Gasteiger partial charge in [0.15, 0.2) is 0 Å². The average molecular weight is 200 g/mol. The van der Waals surface area contributed by atoms with Crippen molar-refractivity contribution in [2.24, 2.45) is 0 Å². The molecule has 0 aromatic heterocycles. The second kappa shape index (κ2) is 5.69. The van der Waals surface area contributed by atoms with Crippen molar-refractivity contribution in [2.45, 2.75) is 38.2 Å². The summed E-state index contributed by atoms with van der Waals surface area (Å²) in [5.74, 6) is 0. The summed E-state index contributed by atoms with van der Waals surface area (Å²) < 4.78 is 0. The van der Waals surface area contributed by atoms with Crippen LogP contribution in [0.2, 0.25) is 0 Å². The van der Waals surface area contributed by atoms with Crippen LogP contribution in [0, 0.1) is 0 Å². The van der Waals surface area contributed by atoms with Gasteiger partial charge in [0.25, 0.3) is 0 Å². The van der Waals surface area contributed by atoms with E-state index in [2.05, 4.69) is 10.2 Å². The highest BCUT2D eigenvalue weighted by molar-refractivity contribution is 4.78. The maximum absolute atomic E-state index is 9.90. The van der Waals surface area contributed by atoms with Crippen molar-refractivity contribution in [3.05, 3.63) is 0 Å². The molecule has 3 nitrogen and oxygen atoms in total. The van der Waals surface area contributed by atoms with Gasteiger partial charge in [-0.05, 0) is 59.3 Å². The fourth-order valence-electron chi connectivity index (χ4n) is 2.02. The second-order valence-electron chi connectivity index (χ2n) is 4.65. The molecule has 1 unspecified atom stereocenters. The van der Waals surface area contributed by atoms with Gasteiger partial charge in [0.05, 0.1) is 5.60 Å². The van der Waals surface area contributed by atoms with Crippen molar-refractivity contribution in [3.8, 4) is 0 Å². The van der Waals surface area contributed by atoms with E-state index in [-0.39, 0.29) is 0 Å². The summed E-state index contributed by atoms with van der Waals surface area (Å²) >= 11 is 0. The Bertz CT molecular complexity index is 159. The highest BCUT2D eigenvalue weighted by Gasteiger charge is 2.24. The molecule has 0 aromatic rings. The zero-order valence-electron chi connectivity index (χ0n) is 9.55. The lowest BCUT2D eigenvalue weighted by Gasteiger charge is -2.22. The predicted octanol–water partition coefficient (Wildman–Crippen LogP) is 0.833. The van der Waals surface area contributed by atoms with Crippen molar-refractivity contribution in [3.63, 3.8) is 0 Å². The number of likely N-dealkylation sites (tertiary alicyclic amines) is 1. The Balaban J connectivity index is 2.21. The third kappa shape index (κ3) is 4.40. The zero-order chi connectivity index (χ0) is 10.4. The van der Waals surface area contributed by atoms with Crippen LogP contribution in [-0.2, 0) is 0 Å². The van der Waals surface area contributed by atoms with Gasteiger partial charge in [-0.1, -0.05) is 0 Å². The van der Waals surface area contributed by atoms with Gasteiger partial charge in [0, 0.05) is 6.54 Å². The van der Waals surface area contributed by atoms with Crippen LogP contribution in [0.4, 0.5) is 0 Å². The van der Waals surface area contributed by atoms with Crippen molar-refractivity contribution in [2.75, 3.05) is 33.2 Å². The Labute approximate surface area is 87.5 Å². The minimum absolute atomic E-state index is 0.419. The van der Waals surface area contributed by atoms with Crippen LogP contribution in [0.1, 0.15) is 32.6 Å². The minimum Gasteiger partial charge on any atom is -0.390 e. The van der Waals surface area contributed by atoms with Gasteiger partial charge in [-0.25, -0.2) is 0 Å². The molecule has 0 bridgehead atoms. The molecule has 1 fully saturated rings. The Hall–Kier alpha value is -0.120. The van der Waals surface area contributed by atoms with Gasteiger partial charge in [0.1, 0.15) is 0 Å². The first-order chi connectivity index (χ1) is 6.64. The molecule has 1 saturated heterocycles. The topological polar surface area (TPSA) is 35.5 Å². The maximum atomic E-state index is 9.90. The summed E-state index contributed by atoms with van der Waals surface area (Å²) in [6.45, 7) is 6.42. The Morgan fingerprint density at radius 2 is 2.14 bits per heavy atom. The SMILES string of the molecule is CNCCCN1CCCC(C)(O)CC1. The molecular formula is C11H24N2O. The quantitative estimate of drug-likeness (QED) is 0.660. The summed E-state index contributed by atoms with van der Waals surface area (Å²) in [5, 5.41) is 13.1. The number of nitrogens with one attached hydrogen (secondary N) is 1. The smallest absolute Gasteiger partial charge is 0.0632 e. The molecule has 2 N–H and O–H groups in total. The Morgan fingerprint density at radius 1 is 1.36 bits per heavy atom. The number of hydrogen-bond donors (Lipinski definition) is 2. The molecule has 84 valence electrons. The molecule has 1 heterocycles. The lowest BCUT2D eigenvalue weighted by Crippen LogP contribution is -2.30. The highest BCUT2D eigenvalue weighted by Crippen LogP contribution is 2.21. The van der Waals surface area contributed by atoms with Crippen molar-refractivity contribution < 1.29 is 5.11 Å². The van der Waals surface area contributed by atoms with Crippen LogP contribution in [0.3, 0.4) is 0 Å². The van der Waals surface area contributed by atoms with Crippen molar-refractivity contribution >= 4 is 0 Å². The molecule has 14 heavy (non-hydrogen) atoms. The van der Waals surface area contributed by atoms with E-state index >= 15 is 0 Å². The van der Waals surface area contributed by atoms with Crippen LogP contribution in [-0.4, -0.2) is 48.8 Å². The van der Waals surface area contributed by atoms with E-state index in [0.717, 1.165) is 45.4 Å². The van der Waals surface area contributed by atoms with E-state index in [1.807, 2.05) is 14.0 Å². The van der Waals surface area contributed by atoms with E-state index in [0.29, 0.717) is 0 Å².